The first-order chi connectivity index (χ1) is 4.24. The van der Waals surface area contributed by atoms with E-state index < -0.39 is 16.1 Å². The zero-order valence-electron chi connectivity index (χ0n) is 4.20. The summed E-state index contributed by atoms with van der Waals surface area (Å²) in [7, 11) is 0. The summed E-state index contributed by atoms with van der Waals surface area (Å²) in [6.07, 6.45) is 0. The summed E-state index contributed by atoms with van der Waals surface area (Å²) in [5.74, 6) is 0. The minimum atomic E-state index is -4.15. The summed E-state index contributed by atoms with van der Waals surface area (Å²) >= 11 is -4.15. The molecule has 9 heavy (non-hydrogen) atoms. The summed E-state index contributed by atoms with van der Waals surface area (Å²) in [6, 6.07) is 0. The quantitative estimate of drug-likeness (QED) is 0.630. The van der Waals surface area contributed by atoms with Gasteiger partial charge in [-0.1, -0.05) is 0 Å². The average molecular weight is 288 g/mol. The molecule has 0 aliphatic rings. The van der Waals surface area contributed by atoms with Crippen LogP contribution in [0.1, 0.15) is 0 Å². The van der Waals surface area contributed by atoms with Gasteiger partial charge in [0.25, 0.3) is 0 Å². The zero-order valence-corrected chi connectivity index (χ0v) is 7.13. The molecule has 0 amide bonds. The summed E-state index contributed by atoms with van der Waals surface area (Å²) in [4.78, 5) is 0. The second kappa shape index (κ2) is 2.84. The summed E-state index contributed by atoms with van der Waals surface area (Å²) in [5.41, 5.74) is 0. The third-order valence-electron chi connectivity index (χ3n) is 0.548. The molecule has 0 aliphatic carbocycles. The second-order valence-corrected chi connectivity index (χ2v) is 8.00. The van der Waals surface area contributed by atoms with Crippen molar-refractivity contribution in [2.24, 2.45) is 0 Å². The van der Waals surface area contributed by atoms with Crippen LogP contribution in [0.4, 0.5) is 0 Å². The van der Waals surface area contributed by atoms with Gasteiger partial charge in [0.2, 0.25) is 0 Å². The van der Waals surface area contributed by atoms with E-state index in [0.717, 1.165) is 0 Å². The molecular weight excluding hydrogens is 288 g/mol. The SMILES string of the molecule is N#[C][W]([C]#N)([C]#N)[C]#N. The molecule has 0 spiro atoms. The van der Waals surface area contributed by atoms with Crippen LogP contribution >= 0.6 is 0 Å². The molecule has 0 atom stereocenters. The van der Waals surface area contributed by atoms with Crippen LogP contribution in [0.3, 0.4) is 0 Å². The minimum absolute atomic E-state index is 1.49. The van der Waals surface area contributed by atoms with E-state index in [9.17, 15) is 0 Å². The molecule has 0 saturated heterocycles. The van der Waals surface area contributed by atoms with Crippen molar-refractivity contribution in [1.82, 2.24) is 0 Å². The van der Waals surface area contributed by atoms with E-state index in [2.05, 4.69) is 0 Å². The monoisotopic (exact) mass is 288 g/mol. The van der Waals surface area contributed by atoms with Crippen molar-refractivity contribution in [3.8, 4) is 17.8 Å². The van der Waals surface area contributed by atoms with Gasteiger partial charge in [0.1, 0.15) is 0 Å². The Morgan fingerprint density at radius 1 is 0.667 bits per heavy atom. The van der Waals surface area contributed by atoms with Gasteiger partial charge in [-0.3, -0.25) is 0 Å². The first-order valence-corrected chi connectivity index (χ1v) is 7.58. The van der Waals surface area contributed by atoms with E-state index in [0.29, 0.717) is 0 Å². The van der Waals surface area contributed by atoms with Gasteiger partial charge in [0, 0.05) is 0 Å². The van der Waals surface area contributed by atoms with Crippen molar-refractivity contribution in [2.75, 3.05) is 0 Å². The third kappa shape index (κ3) is 1.27. The molecule has 0 unspecified atom stereocenters. The Balaban J connectivity index is 4.84. The second-order valence-electron chi connectivity index (χ2n) is 0.978. The first kappa shape index (κ1) is 7.65. The van der Waals surface area contributed by atoms with E-state index in [1.807, 2.05) is 0 Å². The topological polar surface area (TPSA) is 95.2 Å². The zero-order chi connectivity index (χ0) is 7.33. The van der Waals surface area contributed by atoms with Crippen molar-refractivity contribution in [2.45, 2.75) is 0 Å². The molecule has 0 aromatic rings. The van der Waals surface area contributed by atoms with Gasteiger partial charge >= 0.3 is 54.9 Å². The molecule has 0 radical (unpaired) electrons. The van der Waals surface area contributed by atoms with E-state index in [-0.39, 0.29) is 0 Å². The maximum atomic E-state index is 8.15. The molecule has 42 valence electrons. The fourth-order valence-electron chi connectivity index (χ4n) is 0.122. The van der Waals surface area contributed by atoms with Gasteiger partial charge in [-0.2, -0.15) is 0 Å². The molecule has 0 fully saturated rings. The van der Waals surface area contributed by atoms with E-state index in [1.165, 1.54) is 17.8 Å². The molecule has 0 saturated carbocycles. The van der Waals surface area contributed by atoms with Gasteiger partial charge in [-0.15, -0.1) is 0 Å². The van der Waals surface area contributed by atoms with Crippen LogP contribution < -0.4 is 0 Å². The summed E-state index contributed by atoms with van der Waals surface area (Å²) in [5, 5.41) is 32.6. The fraction of sp³-hybridized carbons (Fsp3) is 0. The van der Waals surface area contributed by atoms with Crippen molar-refractivity contribution in [3.63, 3.8) is 0 Å². The summed E-state index contributed by atoms with van der Waals surface area (Å²) in [6.45, 7) is 0. The molecule has 0 aromatic carbocycles. The van der Waals surface area contributed by atoms with Crippen LogP contribution in [0.25, 0.3) is 0 Å². The molecule has 0 aliphatic heterocycles. The maximum absolute atomic E-state index is 8.15. The number of hydrogen-bond donors (Lipinski definition) is 0. The van der Waals surface area contributed by atoms with Gasteiger partial charge in [-0.25, -0.2) is 0 Å². The van der Waals surface area contributed by atoms with Crippen LogP contribution in [0.2, 0.25) is 0 Å². The number of rotatable bonds is 0. The predicted octanol–water partition coefficient (Wildman–Crippen LogP) is 0.0646. The standard InChI is InChI=1S/4CN.W/c4*1-2;. The van der Waals surface area contributed by atoms with Gasteiger partial charge in [-0.05, 0) is 0 Å². The molecule has 0 N–H and O–H groups in total. The van der Waals surface area contributed by atoms with Gasteiger partial charge in [0.15, 0.2) is 0 Å². The molecule has 0 bridgehead atoms. The Morgan fingerprint density at radius 3 is 0.889 bits per heavy atom. The van der Waals surface area contributed by atoms with Gasteiger partial charge in [0.05, 0.1) is 0 Å². The van der Waals surface area contributed by atoms with Crippen LogP contribution in [0.15, 0.2) is 0 Å². The van der Waals surface area contributed by atoms with Crippen molar-refractivity contribution in [3.05, 3.63) is 0 Å². The molecule has 0 aromatic heterocycles. The Kier molecular flexibility index (Phi) is 2.41. The fourth-order valence-corrected chi connectivity index (χ4v) is 1.00. The van der Waals surface area contributed by atoms with E-state index in [1.54, 1.807) is 0 Å². The Bertz CT molecular complexity index is 205. The van der Waals surface area contributed by atoms with E-state index in [4.69, 9.17) is 21.0 Å². The Hall–Kier alpha value is -1.35. The Labute approximate surface area is 55.4 Å². The van der Waals surface area contributed by atoms with Crippen LogP contribution in [-0.2, 0) is 16.1 Å². The molecule has 0 rings (SSSR count). The van der Waals surface area contributed by atoms with Crippen molar-refractivity contribution < 1.29 is 16.1 Å². The summed E-state index contributed by atoms with van der Waals surface area (Å²) < 4.78 is 5.96. The Morgan fingerprint density at radius 2 is 0.889 bits per heavy atom. The van der Waals surface area contributed by atoms with Crippen molar-refractivity contribution >= 4 is 0 Å². The predicted molar refractivity (Wildman–Crippen MR) is 22.5 cm³/mol. The van der Waals surface area contributed by atoms with Crippen LogP contribution in [0, 0.1) is 38.9 Å². The normalized spacial score (nSPS) is 9.33. The first-order valence-electron chi connectivity index (χ1n) is 1.71. The number of nitriles is 4. The average Bonchev–Trinajstić information content (AvgIpc) is 1.95. The van der Waals surface area contributed by atoms with Crippen molar-refractivity contribution in [1.29, 1.82) is 21.0 Å². The number of hydrogen-bond acceptors (Lipinski definition) is 4. The van der Waals surface area contributed by atoms with Crippen LogP contribution in [0.5, 0.6) is 0 Å². The molecule has 4 nitrogen and oxygen atoms in total. The third-order valence-corrected chi connectivity index (χ3v) is 4.48. The van der Waals surface area contributed by atoms with Crippen LogP contribution in [-0.4, -0.2) is 0 Å². The number of nitrogens with zero attached hydrogens (tertiary/aromatic N) is 4. The van der Waals surface area contributed by atoms with E-state index >= 15 is 0 Å². The molecule has 5 heteroatoms. The molecular formula is C4N4W. The van der Waals surface area contributed by atoms with Gasteiger partial charge < -0.3 is 0 Å². The molecule has 0 heterocycles.